The molecule has 0 aliphatic carbocycles. The Balaban J connectivity index is 1.35. The van der Waals surface area contributed by atoms with Gasteiger partial charge in [0.2, 0.25) is 0 Å². The third-order valence-corrected chi connectivity index (χ3v) is 8.58. The highest BCUT2D eigenvalue weighted by atomic mass is 79.9. The van der Waals surface area contributed by atoms with Crippen LogP contribution in [0.4, 0.5) is 16.2 Å². The van der Waals surface area contributed by atoms with E-state index in [-0.39, 0.29) is 16.7 Å². The first-order chi connectivity index (χ1) is 18.2. The van der Waals surface area contributed by atoms with Gasteiger partial charge < -0.3 is 30.5 Å². The van der Waals surface area contributed by atoms with Crippen molar-refractivity contribution >= 4 is 56.6 Å². The van der Waals surface area contributed by atoms with Gasteiger partial charge in [-0.1, -0.05) is 30.3 Å². The number of nitrogens with one attached hydrogen (secondary N) is 2. The number of urea groups is 1. The molecule has 2 heterocycles. The number of rotatable bonds is 9. The van der Waals surface area contributed by atoms with Crippen LogP contribution in [-0.4, -0.2) is 59.3 Å². The summed E-state index contributed by atoms with van der Waals surface area (Å²) in [6, 6.07) is 15.2. The first kappa shape index (κ1) is 27.5. The van der Waals surface area contributed by atoms with Crippen molar-refractivity contribution in [3.05, 3.63) is 63.4 Å². The zero-order valence-corrected chi connectivity index (χ0v) is 23.1. The summed E-state index contributed by atoms with van der Waals surface area (Å²) < 4.78 is 5.66. The van der Waals surface area contributed by atoms with E-state index >= 15 is 0 Å². The SMILES string of the molecule is Cc1ccccc1NC(=O)N1CCC(CNc2cccc(-c3sc(C(=O)O)c(OCC(=O)O)c3Br)c2)CC1. The summed E-state index contributed by atoms with van der Waals surface area (Å²) in [5.41, 5.74) is 3.52. The number of aromatic carboxylic acids is 1. The molecule has 1 saturated heterocycles. The molecule has 1 aromatic heterocycles. The molecule has 1 fully saturated rings. The topological polar surface area (TPSA) is 128 Å². The summed E-state index contributed by atoms with van der Waals surface area (Å²) in [6.45, 7) is 3.45. The monoisotopic (exact) mass is 601 g/mol. The number of thiophene rings is 1. The van der Waals surface area contributed by atoms with E-state index in [0.29, 0.717) is 28.4 Å². The van der Waals surface area contributed by atoms with E-state index in [0.717, 1.165) is 53.2 Å². The summed E-state index contributed by atoms with van der Waals surface area (Å²) in [6.07, 6.45) is 1.77. The van der Waals surface area contributed by atoms with Crippen LogP contribution in [-0.2, 0) is 4.79 Å². The normalized spacial score (nSPS) is 13.7. The first-order valence-corrected chi connectivity index (χ1v) is 13.7. The Hall–Kier alpha value is -3.57. The predicted octanol–water partition coefficient (Wildman–Crippen LogP) is 6.00. The summed E-state index contributed by atoms with van der Waals surface area (Å²) in [5.74, 6) is -1.96. The van der Waals surface area contributed by atoms with Crippen molar-refractivity contribution in [2.45, 2.75) is 19.8 Å². The summed E-state index contributed by atoms with van der Waals surface area (Å²) in [7, 11) is 0. The van der Waals surface area contributed by atoms with E-state index in [9.17, 15) is 19.5 Å². The second-order valence-corrected chi connectivity index (χ2v) is 10.8. The Morgan fingerprint density at radius 1 is 1.11 bits per heavy atom. The van der Waals surface area contributed by atoms with Crippen LogP contribution in [0.5, 0.6) is 5.75 Å². The zero-order chi connectivity index (χ0) is 27.2. The molecule has 1 aliphatic heterocycles. The molecular weight excluding hydrogens is 574 g/mol. The maximum atomic E-state index is 12.7. The Morgan fingerprint density at radius 3 is 2.53 bits per heavy atom. The lowest BCUT2D eigenvalue weighted by Crippen LogP contribution is -2.42. The molecule has 200 valence electrons. The second-order valence-electron chi connectivity index (χ2n) is 9.03. The van der Waals surface area contributed by atoms with E-state index in [1.807, 2.05) is 60.4 Å². The van der Waals surface area contributed by atoms with E-state index < -0.39 is 18.5 Å². The number of carbonyl (C=O) groups excluding carboxylic acids is 1. The van der Waals surface area contributed by atoms with Crippen LogP contribution in [0, 0.1) is 12.8 Å². The van der Waals surface area contributed by atoms with Crippen molar-refractivity contribution in [3.8, 4) is 16.2 Å². The van der Waals surface area contributed by atoms with Crippen LogP contribution in [0.2, 0.25) is 0 Å². The number of carboxylic acids is 2. The van der Waals surface area contributed by atoms with Gasteiger partial charge in [0.05, 0.1) is 9.35 Å². The minimum Gasteiger partial charge on any atom is -0.479 e. The summed E-state index contributed by atoms with van der Waals surface area (Å²) in [5, 5.41) is 24.9. The lowest BCUT2D eigenvalue weighted by molar-refractivity contribution is -0.139. The van der Waals surface area contributed by atoms with Crippen molar-refractivity contribution < 1.29 is 29.3 Å². The largest absolute Gasteiger partial charge is 0.479 e. The highest BCUT2D eigenvalue weighted by Crippen LogP contribution is 2.46. The van der Waals surface area contributed by atoms with E-state index in [1.165, 1.54) is 0 Å². The van der Waals surface area contributed by atoms with Crippen molar-refractivity contribution in [2.75, 3.05) is 36.9 Å². The van der Waals surface area contributed by atoms with Gasteiger partial charge in [0, 0.05) is 31.0 Å². The molecule has 11 heteroatoms. The number of halogens is 1. The van der Waals surface area contributed by atoms with Gasteiger partial charge in [-0.2, -0.15) is 0 Å². The number of para-hydroxylation sites is 1. The van der Waals surface area contributed by atoms with Crippen molar-refractivity contribution in [2.24, 2.45) is 5.92 Å². The first-order valence-electron chi connectivity index (χ1n) is 12.1. The van der Waals surface area contributed by atoms with Crippen molar-refractivity contribution in [1.82, 2.24) is 4.90 Å². The highest BCUT2D eigenvalue weighted by molar-refractivity contribution is 9.10. The summed E-state index contributed by atoms with van der Waals surface area (Å²) in [4.78, 5) is 37.7. The van der Waals surface area contributed by atoms with E-state index in [4.69, 9.17) is 9.84 Å². The molecule has 3 aromatic rings. The second kappa shape index (κ2) is 12.3. The molecule has 9 nitrogen and oxygen atoms in total. The van der Waals surface area contributed by atoms with Gasteiger partial charge in [0.25, 0.3) is 0 Å². The Bertz CT molecular complexity index is 1340. The molecule has 0 spiro atoms. The van der Waals surface area contributed by atoms with Gasteiger partial charge >= 0.3 is 18.0 Å². The standard InChI is InChI=1S/C27H28BrN3O6S/c1-16-5-2-3-8-20(16)30-27(36)31-11-9-17(10-12-31)14-29-19-7-4-6-18(13-19)24-22(28)23(37-15-21(32)33)25(38-24)26(34)35/h2-8,13,17,29H,9-12,14-15H2,1H3,(H,30,36)(H,32,33)(H,34,35). The fraction of sp³-hybridized carbons (Fsp3) is 0.296. The Labute approximate surface area is 232 Å². The van der Waals surface area contributed by atoms with Gasteiger partial charge in [-0.3, -0.25) is 0 Å². The number of amides is 2. The van der Waals surface area contributed by atoms with Gasteiger partial charge in [-0.25, -0.2) is 14.4 Å². The number of carboxylic acid groups (broad SMARTS) is 2. The minimum absolute atomic E-state index is 0.0106. The lowest BCUT2D eigenvalue weighted by Gasteiger charge is -2.32. The number of hydrogen-bond acceptors (Lipinski definition) is 6. The number of likely N-dealkylation sites (tertiary alicyclic amines) is 1. The third kappa shape index (κ3) is 6.65. The fourth-order valence-electron chi connectivity index (χ4n) is 4.27. The number of benzene rings is 2. The number of aliphatic carboxylic acids is 1. The van der Waals surface area contributed by atoms with E-state index in [1.54, 1.807) is 0 Å². The quantitative estimate of drug-likeness (QED) is 0.236. The minimum atomic E-state index is -1.19. The molecule has 1 aliphatic rings. The van der Waals surface area contributed by atoms with Crippen LogP contribution in [0.1, 0.15) is 28.1 Å². The molecule has 0 atom stereocenters. The molecule has 2 amide bonds. The number of anilines is 2. The molecular formula is C27H28BrN3O6S. The Morgan fingerprint density at radius 2 is 1.84 bits per heavy atom. The summed E-state index contributed by atoms with van der Waals surface area (Å²) >= 11 is 4.42. The van der Waals surface area contributed by atoms with Crippen LogP contribution < -0.4 is 15.4 Å². The van der Waals surface area contributed by atoms with E-state index in [2.05, 4.69) is 26.6 Å². The fourth-order valence-corrected chi connectivity index (χ4v) is 6.15. The van der Waals surface area contributed by atoms with Gasteiger partial charge in [-0.15, -0.1) is 11.3 Å². The zero-order valence-electron chi connectivity index (χ0n) is 20.7. The number of nitrogens with zero attached hydrogens (tertiary/aromatic N) is 1. The number of ether oxygens (including phenoxy) is 1. The average Bonchev–Trinajstić information content (AvgIpc) is 3.24. The maximum Gasteiger partial charge on any atom is 0.349 e. The van der Waals surface area contributed by atoms with Crippen molar-refractivity contribution in [3.63, 3.8) is 0 Å². The smallest absolute Gasteiger partial charge is 0.349 e. The maximum absolute atomic E-state index is 12.7. The molecule has 0 unspecified atom stereocenters. The molecule has 0 bridgehead atoms. The van der Waals surface area contributed by atoms with Gasteiger partial charge in [0.15, 0.2) is 17.2 Å². The number of carbonyl (C=O) groups is 3. The van der Waals surface area contributed by atoms with Crippen LogP contribution in [0.15, 0.2) is 53.0 Å². The highest BCUT2D eigenvalue weighted by Gasteiger charge is 2.25. The molecule has 0 saturated carbocycles. The number of aryl methyl sites for hydroxylation is 1. The average molecular weight is 603 g/mol. The van der Waals surface area contributed by atoms with Gasteiger partial charge in [-0.05, 0) is 70.9 Å². The van der Waals surface area contributed by atoms with Gasteiger partial charge in [0.1, 0.15) is 0 Å². The van der Waals surface area contributed by atoms with Crippen molar-refractivity contribution in [1.29, 1.82) is 0 Å². The third-order valence-electron chi connectivity index (χ3n) is 6.35. The molecule has 0 radical (unpaired) electrons. The molecule has 2 aromatic carbocycles. The number of hydrogen-bond donors (Lipinski definition) is 4. The Kier molecular flexibility index (Phi) is 8.90. The number of piperidine rings is 1. The van der Waals surface area contributed by atoms with Crippen LogP contribution in [0.25, 0.3) is 10.4 Å². The van der Waals surface area contributed by atoms with Crippen LogP contribution >= 0.6 is 27.3 Å². The lowest BCUT2D eigenvalue weighted by atomic mass is 9.97. The molecule has 38 heavy (non-hydrogen) atoms. The predicted molar refractivity (Wildman–Crippen MR) is 151 cm³/mol. The molecule has 4 rings (SSSR count). The molecule has 4 N–H and O–H groups in total. The van der Waals surface area contributed by atoms with Crippen LogP contribution in [0.3, 0.4) is 0 Å².